The van der Waals surface area contributed by atoms with Crippen molar-refractivity contribution in [3.63, 3.8) is 0 Å². The number of nitrogens with zero attached hydrogens (tertiary/aromatic N) is 2. The minimum absolute atomic E-state index is 0.129. The van der Waals surface area contributed by atoms with E-state index in [1.807, 2.05) is 6.07 Å². The number of anilines is 1. The van der Waals surface area contributed by atoms with Crippen LogP contribution < -0.4 is 4.90 Å². The summed E-state index contributed by atoms with van der Waals surface area (Å²) in [4.78, 5) is 19.5. The number of hydrogen-bond acceptors (Lipinski definition) is 6. The molecule has 1 unspecified atom stereocenters. The van der Waals surface area contributed by atoms with Crippen molar-refractivity contribution in [2.45, 2.75) is 50.8 Å². The van der Waals surface area contributed by atoms with Crippen LogP contribution in [-0.4, -0.2) is 49.6 Å². The predicted molar refractivity (Wildman–Crippen MR) is 112 cm³/mol. The van der Waals surface area contributed by atoms with Gasteiger partial charge in [-0.3, -0.25) is 4.79 Å². The molecule has 0 bridgehead atoms. The van der Waals surface area contributed by atoms with E-state index in [0.717, 1.165) is 36.6 Å². The number of unbranched alkanes of at least 4 members (excludes halogenated alkanes) is 1. The Labute approximate surface area is 172 Å². The number of ether oxygens (including phenoxy) is 2. The highest BCUT2D eigenvalue weighted by atomic mass is 35.5. The lowest BCUT2D eigenvalue weighted by Crippen LogP contribution is -2.37. The highest BCUT2D eigenvalue weighted by molar-refractivity contribution is 7.99. The van der Waals surface area contributed by atoms with Crippen LogP contribution in [0.25, 0.3) is 0 Å². The van der Waals surface area contributed by atoms with Crippen LogP contribution in [0.5, 0.6) is 0 Å². The van der Waals surface area contributed by atoms with E-state index in [2.05, 4.69) is 23.7 Å². The average Bonchev–Trinajstić information content (AvgIpc) is 2.70. The van der Waals surface area contributed by atoms with Crippen LogP contribution in [0.1, 0.15) is 46.0 Å². The molecule has 1 fully saturated rings. The van der Waals surface area contributed by atoms with Crippen molar-refractivity contribution in [3.05, 3.63) is 17.3 Å². The molecule has 0 N–H and O–H groups in total. The second-order valence-electron chi connectivity index (χ2n) is 6.74. The van der Waals surface area contributed by atoms with Crippen molar-refractivity contribution in [1.82, 2.24) is 4.98 Å². The fourth-order valence-corrected chi connectivity index (χ4v) is 4.21. The fraction of sp³-hybridized carbons (Fsp3) is 0.700. The molecule has 5 nitrogen and oxygen atoms in total. The average molecular weight is 415 g/mol. The summed E-state index contributed by atoms with van der Waals surface area (Å²) >= 11 is 8.12. The van der Waals surface area contributed by atoms with Crippen molar-refractivity contribution in [2.24, 2.45) is 5.92 Å². The van der Waals surface area contributed by atoms with Crippen molar-refractivity contribution in [2.75, 3.05) is 43.6 Å². The summed E-state index contributed by atoms with van der Waals surface area (Å²) in [6.07, 6.45) is 6.72. The standard InChI is InChI=1S/C20H31ClN2O3S/c1-3-5-6-16(4-2)15-26-18(24)8-14-27-17-7-9-22-20(19(17)21)23-10-12-25-13-11-23/h7,9,16H,3-6,8,10-15H2,1-2H3. The van der Waals surface area contributed by atoms with Gasteiger partial charge in [-0.1, -0.05) is 44.7 Å². The lowest BCUT2D eigenvalue weighted by atomic mass is 10.0. The minimum Gasteiger partial charge on any atom is -0.465 e. The van der Waals surface area contributed by atoms with Gasteiger partial charge < -0.3 is 14.4 Å². The van der Waals surface area contributed by atoms with Gasteiger partial charge in [-0.25, -0.2) is 4.98 Å². The molecule has 0 amide bonds. The molecule has 1 aromatic rings. The van der Waals surface area contributed by atoms with E-state index in [9.17, 15) is 4.79 Å². The van der Waals surface area contributed by atoms with Crippen molar-refractivity contribution in [1.29, 1.82) is 0 Å². The number of hydrogen-bond donors (Lipinski definition) is 0. The fourth-order valence-electron chi connectivity index (χ4n) is 2.95. The van der Waals surface area contributed by atoms with Crippen LogP contribution in [0.4, 0.5) is 5.82 Å². The normalized spacial score (nSPS) is 15.6. The third-order valence-electron chi connectivity index (χ3n) is 4.73. The Morgan fingerprint density at radius 3 is 2.89 bits per heavy atom. The quantitative estimate of drug-likeness (QED) is 0.382. The van der Waals surface area contributed by atoms with Crippen LogP contribution in [0.2, 0.25) is 5.02 Å². The number of aromatic nitrogens is 1. The number of rotatable bonds is 11. The highest BCUT2D eigenvalue weighted by Crippen LogP contribution is 2.34. The number of pyridine rings is 1. The molecule has 0 aliphatic carbocycles. The zero-order chi connectivity index (χ0) is 19.5. The number of morpholine rings is 1. The summed E-state index contributed by atoms with van der Waals surface area (Å²) in [5.74, 6) is 1.80. The van der Waals surface area contributed by atoms with Gasteiger partial charge in [0.05, 0.1) is 31.3 Å². The third-order valence-corrected chi connectivity index (χ3v) is 6.28. The number of esters is 1. The Hall–Kier alpha value is -0.980. The van der Waals surface area contributed by atoms with Crippen molar-refractivity contribution < 1.29 is 14.3 Å². The second kappa shape index (κ2) is 12.5. The number of carbonyl (C=O) groups excluding carboxylic acids is 1. The van der Waals surface area contributed by atoms with Gasteiger partial charge in [0.15, 0.2) is 0 Å². The Morgan fingerprint density at radius 1 is 1.41 bits per heavy atom. The van der Waals surface area contributed by atoms with Crippen molar-refractivity contribution in [3.8, 4) is 0 Å². The smallest absolute Gasteiger partial charge is 0.306 e. The summed E-state index contributed by atoms with van der Waals surface area (Å²) in [6.45, 7) is 7.85. The molecule has 0 radical (unpaired) electrons. The highest BCUT2D eigenvalue weighted by Gasteiger charge is 2.18. The Kier molecular flexibility index (Phi) is 10.3. The zero-order valence-corrected chi connectivity index (χ0v) is 18.0. The molecule has 1 saturated heterocycles. The largest absolute Gasteiger partial charge is 0.465 e. The Morgan fingerprint density at radius 2 is 2.19 bits per heavy atom. The maximum absolute atomic E-state index is 12.0. The van der Waals surface area contributed by atoms with Gasteiger partial charge in [-0.2, -0.15) is 0 Å². The molecular weight excluding hydrogens is 384 g/mol. The van der Waals surface area contributed by atoms with Crippen LogP contribution in [0.15, 0.2) is 17.2 Å². The molecule has 7 heteroatoms. The van der Waals surface area contributed by atoms with Gasteiger partial charge in [-0.05, 0) is 18.4 Å². The molecule has 27 heavy (non-hydrogen) atoms. The lowest BCUT2D eigenvalue weighted by molar-refractivity contribution is -0.144. The Balaban J connectivity index is 1.77. The summed E-state index contributed by atoms with van der Waals surface area (Å²) < 4.78 is 10.8. The first kappa shape index (κ1) is 22.3. The van der Waals surface area contributed by atoms with Crippen LogP contribution in [0.3, 0.4) is 0 Å². The first-order valence-corrected chi connectivity index (χ1v) is 11.3. The van der Waals surface area contributed by atoms with E-state index in [1.54, 1.807) is 18.0 Å². The molecule has 2 heterocycles. The van der Waals surface area contributed by atoms with Gasteiger partial charge in [0.25, 0.3) is 0 Å². The van der Waals surface area contributed by atoms with E-state index < -0.39 is 0 Å². The van der Waals surface area contributed by atoms with Gasteiger partial charge in [0.2, 0.25) is 0 Å². The Bertz CT molecular complexity index is 582. The first-order valence-electron chi connectivity index (χ1n) is 9.91. The van der Waals surface area contributed by atoms with Crippen molar-refractivity contribution >= 4 is 35.1 Å². The zero-order valence-electron chi connectivity index (χ0n) is 16.4. The first-order chi connectivity index (χ1) is 13.2. The number of carbonyl (C=O) groups is 1. The molecule has 1 aliphatic rings. The van der Waals surface area contributed by atoms with Gasteiger partial charge in [0, 0.05) is 29.9 Å². The number of halogens is 1. The van der Waals surface area contributed by atoms with Crippen LogP contribution >= 0.6 is 23.4 Å². The van der Waals surface area contributed by atoms with E-state index in [0.29, 0.717) is 42.9 Å². The van der Waals surface area contributed by atoms with Gasteiger partial charge in [-0.15, -0.1) is 11.8 Å². The molecule has 0 aromatic carbocycles. The molecule has 1 aromatic heterocycles. The van der Waals surface area contributed by atoms with Crippen LogP contribution in [-0.2, 0) is 14.3 Å². The molecule has 1 aliphatic heterocycles. The van der Waals surface area contributed by atoms with E-state index in [-0.39, 0.29) is 5.97 Å². The number of thioether (sulfide) groups is 1. The SMILES string of the molecule is CCCCC(CC)COC(=O)CCSc1ccnc(N2CCOCC2)c1Cl. The monoisotopic (exact) mass is 414 g/mol. The maximum Gasteiger partial charge on any atom is 0.306 e. The summed E-state index contributed by atoms with van der Waals surface area (Å²) in [5, 5.41) is 0.656. The van der Waals surface area contributed by atoms with E-state index in [4.69, 9.17) is 21.1 Å². The maximum atomic E-state index is 12.0. The second-order valence-corrected chi connectivity index (χ2v) is 8.26. The molecular formula is C20H31ClN2O3S. The van der Waals surface area contributed by atoms with Crippen LogP contribution in [0, 0.1) is 5.92 Å². The molecule has 0 spiro atoms. The van der Waals surface area contributed by atoms with E-state index in [1.165, 1.54) is 12.8 Å². The van der Waals surface area contributed by atoms with Gasteiger partial charge >= 0.3 is 5.97 Å². The molecule has 1 atom stereocenters. The van der Waals surface area contributed by atoms with Gasteiger partial charge in [0.1, 0.15) is 5.82 Å². The summed E-state index contributed by atoms with van der Waals surface area (Å²) in [7, 11) is 0. The summed E-state index contributed by atoms with van der Waals surface area (Å²) in [5.41, 5.74) is 0. The lowest BCUT2D eigenvalue weighted by Gasteiger charge is -2.28. The molecule has 0 saturated carbocycles. The molecule has 152 valence electrons. The third kappa shape index (κ3) is 7.51. The molecule has 2 rings (SSSR count). The summed E-state index contributed by atoms with van der Waals surface area (Å²) in [6, 6.07) is 1.90. The minimum atomic E-state index is -0.129. The predicted octanol–water partition coefficient (Wildman–Crippen LogP) is 4.81. The van der Waals surface area contributed by atoms with E-state index >= 15 is 0 Å². The topological polar surface area (TPSA) is 51.7 Å².